The molecule has 1 aromatic rings. The molecule has 0 saturated carbocycles. The highest BCUT2D eigenvalue weighted by Gasteiger charge is 2.06. The molecule has 0 aliphatic heterocycles. The molecule has 2 nitrogen and oxygen atoms in total. The Bertz CT molecular complexity index is 361. The first-order valence-corrected chi connectivity index (χ1v) is 6.57. The number of hydrogen-bond acceptors (Lipinski definition) is 2. The summed E-state index contributed by atoms with van der Waals surface area (Å²) in [6.45, 7) is 6.23. The van der Waals surface area contributed by atoms with Crippen molar-refractivity contribution in [3.63, 3.8) is 0 Å². The molecule has 0 aromatic heterocycles. The first kappa shape index (κ1) is 12.2. The van der Waals surface area contributed by atoms with E-state index in [1.54, 1.807) is 0 Å². The minimum Gasteiger partial charge on any atom is -0.399 e. The molecule has 0 radical (unpaired) electrons. The van der Waals surface area contributed by atoms with E-state index in [0.29, 0.717) is 5.92 Å². The van der Waals surface area contributed by atoms with E-state index in [0.717, 1.165) is 28.3 Å². The average Bonchev–Trinajstić information content (AvgIpc) is 2.18. The summed E-state index contributed by atoms with van der Waals surface area (Å²) in [6, 6.07) is 5.61. The Morgan fingerprint density at radius 2 is 2.07 bits per heavy atom. The van der Waals surface area contributed by atoms with Crippen molar-refractivity contribution >= 4 is 16.5 Å². The van der Waals surface area contributed by atoms with Crippen molar-refractivity contribution in [2.75, 3.05) is 11.5 Å². The van der Waals surface area contributed by atoms with Gasteiger partial charge in [0.25, 0.3) is 0 Å². The van der Waals surface area contributed by atoms with Crippen molar-refractivity contribution in [1.82, 2.24) is 0 Å². The summed E-state index contributed by atoms with van der Waals surface area (Å²) in [7, 11) is -0.878. The molecule has 0 amide bonds. The minimum absolute atomic E-state index is 0.601. The van der Waals surface area contributed by atoms with Gasteiger partial charge in [-0.1, -0.05) is 13.8 Å². The summed E-state index contributed by atoms with van der Waals surface area (Å²) in [6.07, 6.45) is 0.996. The third kappa shape index (κ3) is 3.67. The fourth-order valence-electron chi connectivity index (χ4n) is 1.25. The predicted octanol–water partition coefficient (Wildman–Crippen LogP) is 2.73. The third-order valence-corrected chi connectivity index (χ3v) is 3.77. The van der Waals surface area contributed by atoms with E-state index in [1.165, 1.54) is 0 Å². The molecular formula is C12H19NOS. The number of hydrogen-bond donors (Lipinski definition) is 1. The van der Waals surface area contributed by atoms with Crippen LogP contribution in [0.15, 0.2) is 23.1 Å². The quantitative estimate of drug-likeness (QED) is 0.801. The Balaban J connectivity index is 2.70. The van der Waals surface area contributed by atoms with E-state index >= 15 is 0 Å². The van der Waals surface area contributed by atoms with Gasteiger partial charge in [-0.05, 0) is 43.0 Å². The Hall–Kier alpha value is -0.830. The lowest BCUT2D eigenvalue weighted by Gasteiger charge is -2.06. The van der Waals surface area contributed by atoms with Gasteiger partial charge in [0.1, 0.15) is 0 Å². The largest absolute Gasteiger partial charge is 0.399 e. The van der Waals surface area contributed by atoms with Crippen LogP contribution < -0.4 is 5.73 Å². The molecule has 0 aliphatic rings. The van der Waals surface area contributed by atoms with E-state index in [2.05, 4.69) is 13.8 Å². The molecule has 1 aromatic carbocycles. The maximum atomic E-state index is 11.9. The number of rotatable bonds is 4. The van der Waals surface area contributed by atoms with Crippen molar-refractivity contribution in [2.24, 2.45) is 5.92 Å². The number of nitrogen functional groups attached to an aromatic ring is 1. The SMILES string of the molecule is Cc1cc(S(=O)CCC(C)C)ccc1N. The molecule has 84 valence electrons. The maximum absolute atomic E-state index is 11.9. The van der Waals surface area contributed by atoms with Crippen LogP contribution in [0.5, 0.6) is 0 Å². The number of nitrogens with two attached hydrogens (primary N) is 1. The normalized spacial score (nSPS) is 13.1. The highest BCUT2D eigenvalue weighted by atomic mass is 32.2. The van der Waals surface area contributed by atoms with Crippen molar-refractivity contribution in [2.45, 2.75) is 32.1 Å². The van der Waals surface area contributed by atoms with Gasteiger partial charge in [0, 0.05) is 16.3 Å². The van der Waals surface area contributed by atoms with E-state index in [-0.39, 0.29) is 0 Å². The van der Waals surface area contributed by atoms with Gasteiger partial charge in [-0.3, -0.25) is 4.21 Å². The highest BCUT2D eigenvalue weighted by molar-refractivity contribution is 7.85. The number of anilines is 1. The molecule has 0 aliphatic carbocycles. The standard InChI is InChI=1S/C12H19NOS/c1-9(2)6-7-15(14)11-4-5-12(13)10(3)8-11/h4-5,8-9H,6-7,13H2,1-3H3. The molecule has 1 rings (SSSR count). The van der Waals surface area contributed by atoms with Crippen molar-refractivity contribution in [3.8, 4) is 0 Å². The summed E-state index contributed by atoms with van der Waals surface area (Å²) >= 11 is 0. The van der Waals surface area contributed by atoms with Gasteiger partial charge in [-0.2, -0.15) is 0 Å². The van der Waals surface area contributed by atoms with Gasteiger partial charge < -0.3 is 5.73 Å². The van der Waals surface area contributed by atoms with E-state index in [4.69, 9.17) is 5.73 Å². The van der Waals surface area contributed by atoms with Crippen molar-refractivity contribution < 1.29 is 4.21 Å². The van der Waals surface area contributed by atoms with Gasteiger partial charge in [-0.15, -0.1) is 0 Å². The lowest BCUT2D eigenvalue weighted by Crippen LogP contribution is -2.02. The molecule has 0 spiro atoms. The van der Waals surface area contributed by atoms with Crippen LogP contribution in [0.2, 0.25) is 0 Å². The molecule has 3 heteroatoms. The second kappa shape index (κ2) is 5.31. The Morgan fingerprint density at radius 1 is 1.40 bits per heavy atom. The molecule has 15 heavy (non-hydrogen) atoms. The molecule has 0 heterocycles. The summed E-state index contributed by atoms with van der Waals surface area (Å²) < 4.78 is 11.9. The molecular weight excluding hydrogens is 206 g/mol. The van der Waals surface area contributed by atoms with Gasteiger partial charge in [0.15, 0.2) is 0 Å². The second-order valence-corrected chi connectivity index (χ2v) is 5.82. The zero-order valence-electron chi connectivity index (χ0n) is 9.62. The first-order chi connectivity index (χ1) is 7.00. The van der Waals surface area contributed by atoms with Crippen LogP contribution in [0.25, 0.3) is 0 Å². The van der Waals surface area contributed by atoms with Crippen LogP contribution in [0, 0.1) is 12.8 Å². The van der Waals surface area contributed by atoms with Gasteiger partial charge in [-0.25, -0.2) is 0 Å². The Kier molecular flexibility index (Phi) is 4.33. The van der Waals surface area contributed by atoms with Crippen LogP contribution in [0.1, 0.15) is 25.8 Å². The molecule has 1 atom stereocenters. The second-order valence-electron chi connectivity index (χ2n) is 4.25. The van der Waals surface area contributed by atoms with E-state index in [1.807, 2.05) is 25.1 Å². The predicted molar refractivity (Wildman–Crippen MR) is 66.3 cm³/mol. The van der Waals surface area contributed by atoms with Crippen LogP contribution in [-0.2, 0) is 10.8 Å². The van der Waals surface area contributed by atoms with Gasteiger partial charge >= 0.3 is 0 Å². The number of benzene rings is 1. The minimum atomic E-state index is -0.878. The zero-order chi connectivity index (χ0) is 11.4. The zero-order valence-corrected chi connectivity index (χ0v) is 10.4. The number of aryl methyl sites for hydroxylation is 1. The van der Waals surface area contributed by atoms with Crippen molar-refractivity contribution in [1.29, 1.82) is 0 Å². The maximum Gasteiger partial charge on any atom is 0.0529 e. The van der Waals surface area contributed by atoms with Crippen LogP contribution in [0.3, 0.4) is 0 Å². The van der Waals surface area contributed by atoms with Gasteiger partial charge in [0.2, 0.25) is 0 Å². The van der Waals surface area contributed by atoms with Crippen LogP contribution in [-0.4, -0.2) is 9.96 Å². The smallest absolute Gasteiger partial charge is 0.0529 e. The lowest BCUT2D eigenvalue weighted by molar-refractivity contribution is 0.619. The molecule has 1 unspecified atom stereocenters. The lowest BCUT2D eigenvalue weighted by atomic mass is 10.2. The fourth-order valence-corrected chi connectivity index (χ4v) is 2.70. The molecule has 2 N–H and O–H groups in total. The molecule has 0 saturated heterocycles. The third-order valence-electron chi connectivity index (χ3n) is 2.38. The molecule has 0 fully saturated rings. The Morgan fingerprint density at radius 3 is 2.60 bits per heavy atom. The highest BCUT2D eigenvalue weighted by Crippen LogP contribution is 2.16. The fraction of sp³-hybridized carbons (Fsp3) is 0.500. The summed E-state index contributed by atoms with van der Waals surface area (Å²) in [4.78, 5) is 0.891. The summed E-state index contributed by atoms with van der Waals surface area (Å²) in [5.74, 6) is 1.34. The van der Waals surface area contributed by atoms with E-state index < -0.39 is 10.8 Å². The average molecular weight is 225 g/mol. The summed E-state index contributed by atoms with van der Waals surface area (Å²) in [5.41, 5.74) is 7.48. The van der Waals surface area contributed by atoms with Crippen molar-refractivity contribution in [3.05, 3.63) is 23.8 Å². The topological polar surface area (TPSA) is 43.1 Å². The van der Waals surface area contributed by atoms with E-state index in [9.17, 15) is 4.21 Å². The van der Waals surface area contributed by atoms with Gasteiger partial charge in [0.05, 0.1) is 10.8 Å². The van der Waals surface area contributed by atoms with Crippen LogP contribution in [0.4, 0.5) is 5.69 Å². The Labute approximate surface area is 94.3 Å². The summed E-state index contributed by atoms with van der Waals surface area (Å²) in [5, 5.41) is 0. The van der Waals surface area contributed by atoms with Crippen LogP contribution >= 0.6 is 0 Å². The monoisotopic (exact) mass is 225 g/mol. The first-order valence-electron chi connectivity index (χ1n) is 5.25. The molecule has 0 bridgehead atoms.